The van der Waals surface area contributed by atoms with Crippen molar-refractivity contribution in [3.8, 4) is 5.69 Å². The van der Waals surface area contributed by atoms with Gasteiger partial charge in [0.05, 0.1) is 28.7 Å². The zero-order valence-electron chi connectivity index (χ0n) is 14.9. The fourth-order valence-corrected chi connectivity index (χ4v) is 2.81. The lowest BCUT2D eigenvalue weighted by atomic mass is 10.1. The SMILES string of the molecule is Cc1c(C(=O)NCCc2cccc(F)c2)cnn1-c1cccc(C(F)(F)F)c1. The summed E-state index contributed by atoms with van der Waals surface area (Å²) in [6.07, 6.45) is -2.70. The molecule has 1 N–H and O–H groups in total. The summed E-state index contributed by atoms with van der Waals surface area (Å²) in [5, 5.41) is 6.76. The number of benzene rings is 2. The van der Waals surface area contributed by atoms with Gasteiger partial charge in [-0.05, 0) is 49.2 Å². The number of nitrogens with zero attached hydrogens (tertiary/aromatic N) is 2. The Labute approximate surface area is 158 Å². The van der Waals surface area contributed by atoms with Gasteiger partial charge in [-0.15, -0.1) is 0 Å². The number of halogens is 4. The lowest BCUT2D eigenvalue weighted by Gasteiger charge is -2.10. The van der Waals surface area contributed by atoms with E-state index >= 15 is 0 Å². The summed E-state index contributed by atoms with van der Waals surface area (Å²) in [4.78, 5) is 12.4. The van der Waals surface area contributed by atoms with E-state index in [-0.39, 0.29) is 23.6 Å². The zero-order valence-corrected chi connectivity index (χ0v) is 14.9. The molecule has 0 aliphatic rings. The average Bonchev–Trinajstić information content (AvgIpc) is 3.03. The van der Waals surface area contributed by atoms with Gasteiger partial charge in [-0.3, -0.25) is 4.79 Å². The molecule has 0 saturated carbocycles. The zero-order chi connectivity index (χ0) is 20.3. The van der Waals surface area contributed by atoms with Crippen molar-refractivity contribution in [2.45, 2.75) is 19.5 Å². The molecular formula is C20H17F4N3O. The van der Waals surface area contributed by atoms with Crippen LogP contribution in [0.5, 0.6) is 0 Å². The summed E-state index contributed by atoms with van der Waals surface area (Å²) >= 11 is 0. The highest BCUT2D eigenvalue weighted by Crippen LogP contribution is 2.30. The van der Waals surface area contributed by atoms with E-state index in [1.54, 1.807) is 19.1 Å². The van der Waals surface area contributed by atoms with E-state index in [1.807, 2.05) is 0 Å². The predicted molar refractivity (Wildman–Crippen MR) is 95.7 cm³/mol. The first-order chi connectivity index (χ1) is 13.3. The van der Waals surface area contributed by atoms with Crippen LogP contribution >= 0.6 is 0 Å². The Morgan fingerprint density at radius 3 is 2.61 bits per heavy atom. The van der Waals surface area contributed by atoms with Gasteiger partial charge in [-0.1, -0.05) is 18.2 Å². The van der Waals surface area contributed by atoms with Crippen LogP contribution in [0, 0.1) is 12.7 Å². The van der Waals surface area contributed by atoms with E-state index in [9.17, 15) is 22.4 Å². The van der Waals surface area contributed by atoms with E-state index in [2.05, 4.69) is 10.4 Å². The molecule has 0 fully saturated rings. The maximum Gasteiger partial charge on any atom is 0.416 e. The summed E-state index contributed by atoms with van der Waals surface area (Å²) in [6, 6.07) is 10.8. The van der Waals surface area contributed by atoms with Crippen LogP contribution in [0.1, 0.15) is 27.2 Å². The molecule has 0 spiro atoms. The summed E-state index contributed by atoms with van der Waals surface area (Å²) in [5.41, 5.74) is 0.850. The molecular weight excluding hydrogens is 374 g/mol. The van der Waals surface area contributed by atoms with Gasteiger partial charge in [-0.25, -0.2) is 9.07 Å². The minimum absolute atomic E-state index is 0.214. The molecule has 0 aliphatic carbocycles. The smallest absolute Gasteiger partial charge is 0.352 e. The normalized spacial score (nSPS) is 11.5. The third-order valence-corrected chi connectivity index (χ3v) is 4.26. The van der Waals surface area contributed by atoms with E-state index in [0.717, 1.165) is 17.7 Å². The van der Waals surface area contributed by atoms with Crippen LogP contribution in [-0.2, 0) is 12.6 Å². The first-order valence-corrected chi connectivity index (χ1v) is 8.50. The molecule has 3 aromatic rings. The highest BCUT2D eigenvalue weighted by molar-refractivity contribution is 5.95. The number of hydrogen-bond donors (Lipinski definition) is 1. The number of carbonyl (C=O) groups excluding carboxylic acids is 1. The van der Waals surface area contributed by atoms with Crippen LogP contribution in [0.2, 0.25) is 0 Å². The van der Waals surface area contributed by atoms with Gasteiger partial charge in [0.25, 0.3) is 5.91 Å². The van der Waals surface area contributed by atoms with Crippen LogP contribution in [0.3, 0.4) is 0 Å². The van der Waals surface area contributed by atoms with Gasteiger partial charge in [0.15, 0.2) is 0 Å². The third-order valence-electron chi connectivity index (χ3n) is 4.26. The van der Waals surface area contributed by atoms with Crippen molar-refractivity contribution in [1.82, 2.24) is 15.1 Å². The Kier molecular flexibility index (Phi) is 5.48. The number of alkyl halides is 3. The van der Waals surface area contributed by atoms with Gasteiger partial charge in [0.2, 0.25) is 0 Å². The number of carbonyl (C=O) groups is 1. The van der Waals surface area contributed by atoms with E-state index < -0.39 is 17.6 Å². The Hall–Kier alpha value is -3.16. The molecule has 0 aliphatic heterocycles. The van der Waals surface area contributed by atoms with E-state index in [1.165, 1.54) is 35.1 Å². The van der Waals surface area contributed by atoms with Crippen molar-refractivity contribution in [3.63, 3.8) is 0 Å². The summed E-state index contributed by atoms with van der Waals surface area (Å²) in [5.74, 6) is -0.742. The van der Waals surface area contributed by atoms with Crippen molar-refractivity contribution in [1.29, 1.82) is 0 Å². The molecule has 0 radical (unpaired) electrons. The topological polar surface area (TPSA) is 46.9 Å². The summed E-state index contributed by atoms with van der Waals surface area (Å²) < 4.78 is 53.2. The molecule has 0 unspecified atom stereocenters. The van der Waals surface area contributed by atoms with Crippen LogP contribution < -0.4 is 5.32 Å². The molecule has 0 saturated heterocycles. The highest BCUT2D eigenvalue weighted by atomic mass is 19.4. The van der Waals surface area contributed by atoms with Crippen molar-refractivity contribution in [2.24, 2.45) is 0 Å². The van der Waals surface area contributed by atoms with Crippen LogP contribution in [-0.4, -0.2) is 22.2 Å². The third kappa shape index (κ3) is 4.39. The van der Waals surface area contributed by atoms with Gasteiger partial charge < -0.3 is 5.32 Å². The summed E-state index contributed by atoms with van der Waals surface area (Å²) in [6.45, 7) is 1.89. The monoisotopic (exact) mass is 391 g/mol. The van der Waals surface area contributed by atoms with Gasteiger partial charge in [0, 0.05) is 6.54 Å². The van der Waals surface area contributed by atoms with Gasteiger partial charge >= 0.3 is 6.18 Å². The minimum atomic E-state index is -4.46. The lowest BCUT2D eigenvalue weighted by Crippen LogP contribution is -2.26. The molecule has 0 bridgehead atoms. The van der Waals surface area contributed by atoms with Crippen molar-refractivity contribution in [3.05, 3.63) is 82.9 Å². The number of nitrogens with one attached hydrogen (secondary N) is 1. The molecule has 2 aromatic carbocycles. The number of amides is 1. The molecule has 146 valence electrons. The van der Waals surface area contributed by atoms with Crippen LogP contribution in [0.15, 0.2) is 54.7 Å². The maximum atomic E-state index is 13.2. The van der Waals surface area contributed by atoms with Crippen LogP contribution in [0.4, 0.5) is 17.6 Å². The number of aromatic nitrogens is 2. The second kappa shape index (κ2) is 7.84. The second-order valence-corrected chi connectivity index (χ2v) is 6.24. The minimum Gasteiger partial charge on any atom is -0.352 e. The molecule has 8 heteroatoms. The highest BCUT2D eigenvalue weighted by Gasteiger charge is 2.30. The Bertz CT molecular complexity index is 995. The molecule has 1 aromatic heterocycles. The fourth-order valence-electron chi connectivity index (χ4n) is 2.81. The first kappa shape index (κ1) is 19.6. The molecule has 1 heterocycles. The lowest BCUT2D eigenvalue weighted by molar-refractivity contribution is -0.137. The number of rotatable bonds is 5. The van der Waals surface area contributed by atoms with Crippen LogP contribution in [0.25, 0.3) is 5.69 Å². The van der Waals surface area contributed by atoms with Crippen molar-refractivity contribution < 1.29 is 22.4 Å². The van der Waals surface area contributed by atoms with Crippen molar-refractivity contribution >= 4 is 5.91 Å². The molecule has 1 amide bonds. The first-order valence-electron chi connectivity index (χ1n) is 8.50. The molecule has 28 heavy (non-hydrogen) atoms. The molecule has 4 nitrogen and oxygen atoms in total. The largest absolute Gasteiger partial charge is 0.416 e. The number of hydrogen-bond acceptors (Lipinski definition) is 2. The molecule has 0 atom stereocenters. The Balaban J connectivity index is 1.71. The van der Waals surface area contributed by atoms with Gasteiger partial charge in [-0.2, -0.15) is 18.3 Å². The Morgan fingerprint density at radius 2 is 1.89 bits per heavy atom. The predicted octanol–water partition coefficient (Wildman–Crippen LogP) is 4.31. The molecule has 3 rings (SSSR count). The van der Waals surface area contributed by atoms with E-state index in [4.69, 9.17) is 0 Å². The van der Waals surface area contributed by atoms with Crippen molar-refractivity contribution in [2.75, 3.05) is 6.54 Å². The van der Waals surface area contributed by atoms with Gasteiger partial charge in [0.1, 0.15) is 5.82 Å². The maximum absolute atomic E-state index is 13.2. The average molecular weight is 391 g/mol. The fraction of sp³-hybridized carbons (Fsp3) is 0.200. The van der Waals surface area contributed by atoms with E-state index in [0.29, 0.717) is 12.1 Å². The summed E-state index contributed by atoms with van der Waals surface area (Å²) in [7, 11) is 0. The quantitative estimate of drug-likeness (QED) is 0.659. The Morgan fingerprint density at radius 1 is 1.14 bits per heavy atom. The standard InChI is InChI=1S/C20H17F4N3O/c1-13-18(19(28)25-9-8-14-4-2-6-16(21)10-14)12-26-27(13)17-7-3-5-15(11-17)20(22,23)24/h2-7,10-12H,8-9H2,1H3,(H,25,28). The second-order valence-electron chi connectivity index (χ2n) is 6.24.